The summed E-state index contributed by atoms with van der Waals surface area (Å²) in [5, 5.41) is -0.525. The molecule has 25 nitrogen and oxygen atoms in total. The molecule has 5 saturated heterocycles. The molecule has 1 N–H and O–H groups in total. The summed E-state index contributed by atoms with van der Waals surface area (Å²) in [5.41, 5.74) is 17.1. The van der Waals surface area contributed by atoms with E-state index < -0.39 is 44.8 Å². The van der Waals surface area contributed by atoms with E-state index in [9.17, 15) is 52.8 Å². The predicted molar refractivity (Wildman–Crippen MR) is 478 cm³/mol. The van der Waals surface area contributed by atoms with Crippen molar-refractivity contribution in [2.75, 3.05) is 108 Å². The second-order valence-corrected chi connectivity index (χ2v) is 44.8. The van der Waals surface area contributed by atoms with Gasteiger partial charge in [0, 0.05) is 214 Å². The van der Waals surface area contributed by atoms with Gasteiger partial charge in [0.15, 0.2) is 29.5 Å². The van der Waals surface area contributed by atoms with E-state index in [1.807, 2.05) is 91.6 Å². The van der Waals surface area contributed by atoms with Crippen LogP contribution in [0.5, 0.6) is 0 Å². The Labute approximate surface area is 708 Å². The normalized spacial score (nSPS) is 19.4. The smallest absolute Gasteiger partial charge is 0.254 e. The highest BCUT2D eigenvalue weighted by atomic mass is 32.2. The molecule has 0 amide bonds. The minimum Gasteiger partial charge on any atom is -0.380 e. The van der Waals surface area contributed by atoms with Crippen molar-refractivity contribution in [3.8, 4) is 44.5 Å². The molecule has 0 bridgehead atoms. The maximum absolute atomic E-state index is 12.9. The Morgan fingerprint density at radius 1 is 0.405 bits per heavy atom. The fourth-order valence-corrected chi connectivity index (χ4v) is 22.3. The number of aromatic nitrogens is 7. The van der Waals surface area contributed by atoms with Crippen molar-refractivity contribution in [1.29, 1.82) is 0 Å². The molecule has 1 aromatic carbocycles. The minimum atomic E-state index is -3.46. The number of anilines is 5. The van der Waals surface area contributed by atoms with E-state index in [-0.39, 0.29) is 42.7 Å². The van der Waals surface area contributed by atoms with Crippen molar-refractivity contribution >= 4 is 92.7 Å². The first-order chi connectivity index (χ1) is 57.6. The zero-order valence-corrected chi connectivity index (χ0v) is 73.8. The van der Waals surface area contributed by atoms with Crippen LogP contribution < -0.4 is 46.6 Å². The van der Waals surface area contributed by atoms with Crippen molar-refractivity contribution in [3.63, 3.8) is 0 Å². The molecule has 5 aliphatic heterocycles. The van der Waals surface area contributed by atoms with Crippen LogP contribution in [0, 0.1) is 21.7 Å². The summed E-state index contributed by atoms with van der Waals surface area (Å²) in [5.74, 6) is 2.49. The number of sulfonamides is 1. The lowest BCUT2D eigenvalue weighted by molar-refractivity contribution is -0.124. The number of nitrogens with one attached hydrogen (secondary N) is 1. The highest BCUT2D eigenvalue weighted by Crippen LogP contribution is 2.57. The second kappa shape index (κ2) is 31.5. The molecule has 0 atom stereocenters. The van der Waals surface area contributed by atoms with E-state index in [0.717, 1.165) is 235 Å². The molecule has 20 rings (SSSR count). The second-order valence-electron chi connectivity index (χ2n) is 36.3. The van der Waals surface area contributed by atoms with Crippen molar-refractivity contribution in [2.24, 2.45) is 49.9 Å². The number of nitrogens with zero attached hydrogens (tertiary/aromatic N) is 11. The Morgan fingerprint density at radius 3 is 1.05 bits per heavy atom. The highest BCUT2D eigenvalue weighted by Gasteiger charge is 2.48. The highest BCUT2D eigenvalue weighted by molar-refractivity contribution is 7.92. The lowest BCUT2D eigenvalue weighted by Crippen LogP contribution is -2.51. The van der Waals surface area contributed by atoms with Gasteiger partial charge in [-0.05, 0) is 204 Å². The number of piperidine rings is 4. The third kappa shape index (κ3) is 16.3. The van der Waals surface area contributed by atoms with Gasteiger partial charge in [0.1, 0.15) is 17.5 Å². The molecule has 8 fully saturated rings. The maximum Gasteiger partial charge on any atom is 0.254 e. The number of pyridine rings is 7. The number of allylic oxidation sites excluding steroid dienone is 4. The monoisotopic (exact) mass is 1720 g/mol. The standard InChI is InChI=1S/C24H29N3O3S.C23H27N3O4S.C23H27N3O3S.C22H25N3O3S/c1-16(2)31(29,30)17-13-20(21-15-26(3)23(28)19-6-4-5-18(19)21)22(25-14-17)27-11-9-24(7-8-24)10-12-27;1-25-13-20(17-4-3-5-18(17)22(25)27)19-12-16(24-31(2,28)29)6-7-21(19)26-10-8-23(9-11-26)14-30-15-23;1-3-30(28,29)16-13-19(20-15-25(2)22(27)18-6-4-5-17(18)20)21(24-14-16)26-11-9-23(7-8-23)10-12-26;1-24-14-19(16-4-3-5-17(16)21(24)26)18-12-15(29(2,27)28)13-23-20(18)25-10-8-22(6-7-22)9-11-25/h4-5,13-16H,6-12H2,1-3H3;3-4,6-7,12-13,24H,5,8-11,14-15H2,1-2H3;4-5,13-15H,3,6-12H2,1-2H3;3-4,12-14H,5-11H2,1-2H3. The van der Waals surface area contributed by atoms with Gasteiger partial charge in [-0.15, -0.1) is 0 Å². The van der Waals surface area contributed by atoms with Gasteiger partial charge in [0.05, 0.1) is 45.2 Å². The maximum atomic E-state index is 12.9. The van der Waals surface area contributed by atoms with Crippen molar-refractivity contribution < 1.29 is 38.4 Å². The Balaban J connectivity index is 0.000000115. The van der Waals surface area contributed by atoms with Gasteiger partial charge in [-0.1, -0.05) is 55.5 Å². The summed E-state index contributed by atoms with van der Waals surface area (Å²) < 4.78 is 114. The average molecular weight is 1720 g/mol. The van der Waals surface area contributed by atoms with Crippen molar-refractivity contribution in [3.05, 3.63) is 190 Å². The number of fused-ring (bicyclic) bond motifs is 4. The third-order valence-corrected chi connectivity index (χ3v) is 33.3. The molecule has 4 spiro atoms. The summed E-state index contributed by atoms with van der Waals surface area (Å²) in [6.07, 6.45) is 49.6. The van der Waals surface area contributed by atoms with Gasteiger partial charge in [-0.25, -0.2) is 48.6 Å². The van der Waals surface area contributed by atoms with Crippen molar-refractivity contribution in [1.82, 2.24) is 33.2 Å². The summed E-state index contributed by atoms with van der Waals surface area (Å²) >= 11 is 0. The Morgan fingerprint density at radius 2 is 0.727 bits per heavy atom. The molecular weight excluding hydrogens is 1610 g/mol. The lowest BCUT2D eigenvalue weighted by atomic mass is 9.76. The van der Waals surface area contributed by atoms with Crippen LogP contribution in [0.4, 0.5) is 28.8 Å². The van der Waals surface area contributed by atoms with Crippen LogP contribution in [-0.4, -0.2) is 156 Å². The van der Waals surface area contributed by atoms with Gasteiger partial charge in [-0.2, -0.15) is 0 Å². The SMILES string of the molecule is CC(C)S(=O)(=O)c1cnc(N2CCC3(CC2)CC3)c(-c2cn(C)c(=O)c3c2C=CC3)c1.CCS(=O)(=O)c1cnc(N2CCC3(CC2)CC3)c(-c2cn(C)c(=O)c3c2C=CC3)c1.Cn1cc(-c2cc(NS(C)(=O)=O)ccc2N2CCC3(CC2)COC3)c2c(c1=O)CC=C2.Cn1cc(-c2cc(S(C)(=O)=O)cnc2N2CCC3(CC2)CC3)c2c(c1=O)CC=C2. The minimum absolute atomic E-state index is 0.000703. The lowest BCUT2D eigenvalue weighted by Gasteiger charge is -2.48. The van der Waals surface area contributed by atoms with Crippen LogP contribution >= 0.6 is 0 Å². The quantitative estimate of drug-likeness (QED) is 0.0997. The molecular formula is C92H108N12O13S4. The first-order valence-corrected chi connectivity index (χ1v) is 49.5. The molecule has 7 aliphatic carbocycles. The molecule has 8 aromatic rings. The Hall–Kier alpha value is -9.81. The van der Waals surface area contributed by atoms with E-state index in [1.165, 1.54) is 63.4 Å². The number of hydrogen-bond donors (Lipinski definition) is 1. The largest absolute Gasteiger partial charge is 0.380 e. The molecule has 3 saturated carbocycles. The van der Waals surface area contributed by atoms with Crippen LogP contribution in [0.25, 0.3) is 68.8 Å². The average Bonchev–Trinajstić information content (AvgIpc) is 1.75. The van der Waals surface area contributed by atoms with E-state index in [1.54, 1.807) is 85.4 Å². The number of sulfone groups is 3. The van der Waals surface area contributed by atoms with E-state index >= 15 is 0 Å². The van der Waals surface area contributed by atoms with Gasteiger partial charge in [0.25, 0.3) is 22.2 Å². The first-order valence-electron chi connectivity index (χ1n) is 42.5. The molecule has 7 aromatic heterocycles. The molecule has 121 heavy (non-hydrogen) atoms. The zero-order valence-electron chi connectivity index (χ0n) is 70.6. The van der Waals surface area contributed by atoms with Gasteiger partial charge < -0.3 is 42.6 Å². The predicted octanol–water partition coefficient (Wildman–Crippen LogP) is 12.2. The van der Waals surface area contributed by atoms with E-state index in [0.29, 0.717) is 53.0 Å². The number of hydrogen-bond acceptors (Lipinski definition) is 20. The van der Waals surface area contributed by atoms with Crippen LogP contribution in [0.2, 0.25) is 0 Å². The topological polar surface area (TPSA) is 297 Å². The third-order valence-electron chi connectivity index (χ3n) is 27.8. The summed E-state index contributed by atoms with van der Waals surface area (Å²) in [6.45, 7) is 14.2. The Bertz CT molecular complexity index is 6440. The van der Waals surface area contributed by atoms with Crippen LogP contribution in [0.1, 0.15) is 155 Å². The number of ether oxygens (including phenoxy) is 1. The van der Waals surface area contributed by atoms with E-state index in [4.69, 9.17) is 9.72 Å². The van der Waals surface area contributed by atoms with Gasteiger partial charge in [0.2, 0.25) is 10.0 Å². The van der Waals surface area contributed by atoms with Crippen molar-refractivity contribution in [2.45, 2.75) is 156 Å². The number of benzene rings is 1. The van der Waals surface area contributed by atoms with Gasteiger partial charge >= 0.3 is 0 Å². The molecule has 0 radical (unpaired) electrons. The summed E-state index contributed by atoms with van der Waals surface area (Å²) in [4.78, 5) is 74.3. The molecule has 0 unspecified atom stereocenters. The molecule has 12 heterocycles. The van der Waals surface area contributed by atoms with Gasteiger partial charge in [-0.3, -0.25) is 23.9 Å². The summed E-state index contributed by atoms with van der Waals surface area (Å²) in [6, 6.07) is 11.0. The fraction of sp³-hybridized carbons (Fsp3) is 0.467. The molecule has 12 aliphatic rings. The molecule has 638 valence electrons. The fourth-order valence-electron chi connectivity index (χ4n) is 19.3. The summed E-state index contributed by atoms with van der Waals surface area (Å²) in [7, 11) is -6.62. The first kappa shape index (κ1) is 83.5. The van der Waals surface area contributed by atoms with E-state index in [2.05, 4.69) is 34.3 Å². The molecule has 29 heteroatoms. The van der Waals surface area contributed by atoms with Crippen LogP contribution in [-0.2, 0) is 98.1 Å². The number of aryl methyl sites for hydroxylation is 4. The number of rotatable bonds is 15. The van der Waals surface area contributed by atoms with Crippen LogP contribution in [0.15, 0.2) is 138 Å². The Kier molecular flexibility index (Phi) is 21.7. The zero-order chi connectivity index (χ0) is 85.3. The van der Waals surface area contributed by atoms with Crippen LogP contribution in [0.3, 0.4) is 0 Å².